The topological polar surface area (TPSA) is 65.4 Å². The van der Waals surface area contributed by atoms with Crippen LogP contribution in [0.1, 0.15) is 16.8 Å². The third kappa shape index (κ3) is 5.88. The van der Waals surface area contributed by atoms with Crippen LogP contribution in [0, 0.1) is 0 Å². The molecule has 6 nitrogen and oxygen atoms in total. The molecule has 1 N–H and O–H groups in total. The van der Waals surface area contributed by atoms with Gasteiger partial charge in [-0.1, -0.05) is 30.3 Å². The van der Waals surface area contributed by atoms with Crippen molar-refractivity contribution in [3.8, 4) is 11.5 Å². The zero-order chi connectivity index (χ0) is 18.7. The van der Waals surface area contributed by atoms with Gasteiger partial charge in [-0.25, -0.2) is 4.98 Å². The maximum absolute atomic E-state index is 12.4. The highest BCUT2D eigenvalue weighted by Gasteiger charge is 2.11. The fraction of sp³-hybridized carbons (Fsp3) is 0.238. The van der Waals surface area contributed by atoms with E-state index in [9.17, 15) is 4.79 Å². The summed E-state index contributed by atoms with van der Waals surface area (Å²) in [7, 11) is 0. The van der Waals surface area contributed by atoms with Crippen LogP contribution in [0.15, 0.2) is 73.3 Å². The van der Waals surface area contributed by atoms with Gasteiger partial charge in [0.1, 0.15) is 24.7 Å². The van der Waals surface area contributed by atoms with Gasteiger partial charge in [-0.15, -0.1) is 0 Å². The van der Waals surface area contributed by atoms with Gasteiger partial charge in [0.2, 0.25) is 0 Å². The van der Waals surface area contributed by atoms with Gasteiger partial charge in [0, 0.05) is 25.5 Å². The van der Waals surface area contributed by atoms with Crippen molar-refractivity contribution in [1.82, 2.24) is 14.9 Å². The molecule has 0 spiro atoms. The van der Waals surface area contributed by atoms with Crippen LogP contribution in [0.25, 0.3) is 0 Å². The molecule has 0 unspecified atom stereocenters. The number of carbonyl (C=O) groups excluding carboxylic acids is 1. The molecule has 0 aliphatic rings. The predicted octanol–water partition coefficient (Wildman–Crippen LogP) is 3.16. The van der Waals surface area contributed by atoms with Crippen molar-refractivity contribution >= 4 is 5.91 Å². The third-order valence-corrected chi connectivity index (χ3v) is 3.92. The number of carbonyl (C=O) groups is 1. The Morgan fingerprint density at radius 3 is 2.59 bits per heavy atom. The number of nitrogens with zero attached hydrogens (tertiary/aromatic N) is 2. The van der Waals surface area contributed by atoms with Gasteiger partial charge in [0.25, 0.3) is 5.91 Å². The molecule has 0 saturated carbocycles. The van der Waals surface area contributed by atoms with Crippen LogP contribution in [0.2, 0.25) is 0 Å². The summed E-state index contributed by atoms with van der Waals surface area (Å²) in [6, 6.07) is 16.8. The minimum atomic E-state index is -0.139. The number of aryl methyl sites for hydroxylation is 1. The molecule has 140 valence electrons. The first-order valence-electron chi connectivity index (χ1n) is 8.96. The predicted molar refractivity (Wildman–Crippen MR) is 103 cm³/mol. The number of hydrogen-bond acceptors (Lipinski definition) is 4. The summed E-state index contributed by atoms with van der Waals surface area (Å²) < 4.78 is 13.3. The summed E-state index contributed by atoms with van der Waals surface area (Å²) in [5.74, 6) is 1.21. The minimum Gasteiger partial charge on any atom is -0.490 e. The molecular formula is C21H23N3O3. The number of benzene rings is 2. The second-order valence-corrected chi connectivity index (χ2v) is 5.92. The maximum atomic E-state index is 12.4. The van der Waals surface area contributed by atoms with E-state index in [1.165, 1.54) is 0 Å². The van der Waals surface area contributed by atoms with Crippen molar-refractivity contribution in [3.05, 3.63) is 78.9 Å². The molecule has 1 heterocycles. The van der Waals surface area contributed by atoms with Crippen LogP contribution >= 0.6 is 0 Å². The van der Waals surface area contributed by atoms with E-state index in [1.807, 2.05) is 53.2 Å². The first-order valence-corrected chi connectivity index (χ1v) is 8.96. The Morgan fingerprint density at radius 1 is 1.00 bits per heavy atom. The molecule has 0 fully saturated rings. The fourth-order valence-corrected chi connectivity index (χ4v) is 2.59. The summed E-state index contributed by atoms with van der Waals surface area (Å²) in [4.78, 5) is 16.4. The van der Waals surface area contributed by atoms with Gasteiger partial charge in [0.15, 0.2) is 0 Å². The molecule has 2 aromatic carbocycles. The van der Waals surface area contributed by atoms with E-state index in [2.05, 4.69) is 10.3 Å². The number of aromatic nitrogens is 2. The Balaban J connectivity index is 1.43. The fourth-order valence-electron chi connectivity index (χ4n) is 2.59. The maximum Gasteiger partial charge on any atom is 0.255 e. The van der Waals surface area contributed by atoms with E-state index >= 15 is 0 Å². The Kier molecular flexibility index (Phi) is 6.86. The summed E-state index contributed by atoms with van der Waals surface area (Å²) in [5.41, 5.74) is 0.528. The zero-order valence-corrected chi connectivity index (χ0v) is 15.1. The highest BCUT2D eigenvalue weighted by atomic mass is 16.5. The van der Waals surface area contributed by atoms with Crippen molar-refractivity contribution in [2.24, 2.45) is 0 Å². The highest BCUT2D eigenvalue weighted by Crippen LogP contribution is 2.18. The normalized spacial score (nSPS) is 10.4. The van der Waals surface area contributed by atoms with Crippen molar-refractivity contribution < 1.29 is 14.3 Å². The third-order valence-electron chi connectivity index (χ3n) is 3.92. The van der Waals surface area contributed by atoms with Crippen molar-refractivity contribution in [1.29, 1.82) is 0 Å². The lowest BCUT2D eigenvalue weighted by atomic mass is 10.2. The Morgan fingerprint density at radius 2 is 1.78 bits per heavy atom. The molecule has 1 aromatic heterocycles. The van der Waals surface area contributed by atoms with Crippen LogP contribution in [0.4, 0.5) is 0 Å². The van der Waals surface area contributed by atoms with Crippen molar-refractivity contribution in [2.45, 2.75) is 13.0 Å². The monoisotopic (exact) mass is 365 g/mol. The minimum absolute atomic E-state index is 0.139. The molecule has 0 bridgehead atoms. The van der Waals surface area contributed by atoms with E-state index in [4.69, 9.17) is 9.47 Å². The summed E-state index contributed by atoms with van der Waals surface area (Å²) >= 11 is 0. The van der Waals surface area contributed by atoms with Crippen LogP contribution in [0.3, 0.4) is 0 Å². The molecule has 27 heavy (non-hydrogen) atoms. The second kappa shape index (κ2) is 10.0. The molecule has 0 radical (unpaired) electrons. The standard InChI is InChI=1S/C21H23N3O3/c25-21(23-11-6-13-24-14-12-22-17-24)19-9-4-5-10-20(19)27-16-15-26-18-7-2-1-3-8-18/h1-5,7-10,12,14,17H,6,11,13,15-16H2,(H,23,25). The molecule has 0 atom stereocenters. The number of hydrogen-bond donors (Lipinski definition) is 1. The van der Waals surface area contributed by atoms with E-state index < -0.39 is 0 Å². The number of imidazole rings is 1. The first-order chi connectivity index (χ1) is 13.3. The SMILES string of the molecule is O=C(NCCCn1ccnc1)c1ccccc1OCCOc1ccccc1. The molecular weight excluding hydrogens is 342 g/mol. The lowest BCUT2D eigenvalue weighted by Gasteiger charge is -2.12. The summed E-state index contributed by atoms with van der Waals surface area (Å²) in [5, 5.41) is 2.93. The molecule has 0 aliphatic carbocycles. The van der Waals surface area contributed by atoms with Crippen LogP contribution < -0.4 is 14.8 Å². The van der Waals surface area contributed by atoms with Crippen LogP contribution in [-0.4, -0.2) is 35.2 Å². The summed E-state index contributed by atoms with van der Waals surface area (Å²) in [6.07, 6.45) is 6.24. The number of nitrogens with one attached hydrogen (secondary N) is 1. The molecule has 3 aromatic rings. The first kappa shape index (κ1) is 18.5. The quantitative estimate of drug-likeness (QED) is 0.561. The van der Waals surface area contributed by atoms with E-state index in [-0.39, 0.29) is 5.91 Å². The number of ether oxygens (including phenoxy) is 2. The Hall–Kier alpha value is -3.28. The highest BCUT2D eigenvalue weighted by molar-refractivity contribution is 5.96. The zero-order valence-electron chi connectivity index (χ0n) is 15.1. The van der Waals surface area contributed by atoms with Crippen molar-refractivity contribution in [2.75, 3.05) is 19.8 Å². The van der Waals surface area contributed by atoms with Gasteiger partial charge in [0.05, 0.1) is 11.9 Å². The molecule has 1 amide bonds. The summed E-state index contributed by atoms with van der Waals surface area (Å²) in [6.45, 7) is 2.17. The van der Waals surface area contributed by atoms with Crippen LogP contribution in [-0.2, 0) is 6.54 Å². The van der Waals surface area contributed by atoms with Gasteiger partial charge in [-0.05, 0) is 30.7 Å². The van der Waals surface area contributed by atoms with E-state index in [0.717, 1.165) is 18.7 Å². The van der Waals surface area contributed by atoms with Gasteiger partial charge in [-0.2, -0.15) is 0 Å². The molecule has 0 aliphatic heterocycles. The Labute approximate surface area is 158 Å². The van der Waals surface area contributed by atoms with Crippen LogP contribution in [0.5, 0.6) is 11.5 Å². The number of para-hydroxylation sites is 2. The smallest absolute Gasteiger partial charge is 0.255 e. The number of amides is 1. The molecule has 3 rings (SSSR count). The van der Waals surface area contributed by atoms with Crippen molar-refractivity contribution in [3.63, 3.8) is 0 Å². The number of rotatable bonds is 10. The molecule has 0 saturated heterocycles. The lowest BCUT2D eigenvalue weighted by molar-refractivity contribution is 0.0947. The Bertz CT molecular complexity index is 820. The van der Waals surface area contributed by atoms with E-state index in [0.29, 0.717) is 31.1 Å². The van der Waals surface area contributed by atoms with E-state index in [1.54, 1.807) is 24.7 Å². The average molecular weight is 365 g/mol. The molecule has 6 heteroatoms. The van der Waals surface area contributed by atoms with Gasteiger partial charge in [-0.3, -0.25) is 4.79 Å². The second-order valence-electron chi connectivity index (χ2n) is 5.92. The van der Waals surface area contributed by atoms with Gasteiger partial charge >= 0.3 is 0 Å². The lowest BCUT2D eigenvalue weighted by Crippen LogP contribution is -2.26. The van der Waals surface area contributed by atoms with Gasteiger partial charge < -0.3 is 19.4 Å². The largest absolute Gasteiger partial charge is 0.490 e. The average Bonchev–Trinajstić information content (AvgIpc) is 3.23.